The Bertz CT molecular complexity index is 611. The summed E-state index contributed by atoms with van der Waals surface area (Å²) in [4.78, 5) is 0. The lowest BCUT2D eigenvalue weighted by Crippen LogP contribution is -2.18. The lowest BCUT2D eigenvalue weighted by Gasteiger charge is -2.15. The first-order valence-electron chi connectivity index (χ1n) is 6.44. The van der Waals surface area contributed by atoms with Crippen LogP contribution in [0.1, 0.15) is 18.1 Å². The van der Waals surface area contributed by atoms with Gasteiger partial charge in [0.2, 0.25) is 0 Å². The molecule has 1 unspecified atom stereocenters. The van der Waals surface area contributed by atoms with Gasteiger partial charge in [0.15, 0.2) is 0 Å². The third kappa shape index (κ3) is 3.66. The van der Waals surface area contributed by atoms with Crippen molar-refractivity contribution in [3.63, 3.8) is 0 Å². The minimum atomic E-state index is 0.0172. The topological polar surface area (TPSA) is 35.2 Å². The van der Waals surface area contributed by atoms with Crippen LogP contribution in [0, 0.1) is 6.92 Å². The lowest BCUT2D eigenvalue weighted by molar-refractivity contribution is 0.470. The molecule has 4 heteroatoms. The Morgan fingerprint density at radius 3 is 2.55 bits per heavy atom. The van der Waals surface area contributed by atoms with Gasteiger partial charge in [0.05, 0.1) is 0 Å². The molecule has 20 heavy (non-hydrogen) atoms. The molecule has 0 amide bonds. The molecule has 106 valence electrons. The number of nitrogens with two attached hydrogens (primary N) is 1. The first-order chi connectivity index (χ1) is 9.47. The first kappa shape index (κ1) is 15.2. The number of ether oxygens (including phenoxy) is 1. The number of hydrogen-bond acceptors (Lipinski definition) is 2. The third-order valence-electron chi connectivity index (χ3n) is 2.96. The molecule has 0 fully saturated rings. The summed E-state index contributed by atoms with van der Waals surface area (Å²) in [5.74, 6) is 1.50. The van der Waals surface area contributed by atoms with Crippen LogP contribution in [0.2, 0.25) is 10.0 Å². The predicted molar refractivity (Wildman–Crippen MR) is 85.1 cm³/mol. The van der Waals surface area contributed by atoms with E-state index in [1.54, 1.807) is 6.07 Å². The fourth-order valence-corrected chi connectivity index (χ4v) is 2.47. The molecular formula is C16H17Cl2NO. The predicted octanol–water partition coefficient (Wildman–Crippen LogP) is 4.98. The summed E-state index contributed by atoms with van der Waals surface area (Å²) in [5.41, 5.74) is 7.78. The summed E-state index contributed by atoms with van der Waals surface area (Å²) in [6, 6.07) is 11.2. The maximum atomic E-state index is 6.25. The summed E-state index contributed by atoms with van der Waals surface area (Å²) >= 11 is 12.2. The fourth-order valence-electron chi connectivity index (χ4n) is 2.00. The molecule has 0 aromatic heterocycles. The van der Waals surface area contributed by atoms with E-state index in [2.05, 4.69) is 0 Å². The van der Waals surface area contributed by atoms with Gasteiger partial charge in [0, 0.05) is 21.7 Å². The lowest BCUT2D eigenvalue weighted by atomic mass is 10.1. The Kier molecular flexibility index (Phi) is 4.92. The van der Waals surface area contributed by atoms with Gasteiger partial charge in [0.25, 0.3) is 0 Å². The molecule has 2 aromatic carbocycles. The number of benzene rings is 2. The van der Waals surface area contributed by atoms with Crippen molar-refractivity contribution in [2.24, 2.45) is 5.73 Å². The molecule has 2 aromatic rings. The normalized spacial score (nSPS) is 12.2. The molecule has 0 saturated carbocycles. The van der Waals surface area contributed by atoms with Gasteiger partial charge in [0.1, 0.15) is 11.5 Å². The molecule has 1 atom stereocenters. The van der Waals surface area contributed by atoms with Crippen LogP contribution in [0.25, 0.3) is 0 Å². The van der Waals surface area contributed by atoms with Crippen LogP contribution in [0.15, 0.2) is 36.4 Å². The Hall–Kier alpha value is -1.22. The van der Waals surface area contributed by atoms with Crippen LogP contribution in [-0.4, -0.2) is 6.04 Å². The van der Waals surface area contributed by atoms with Crippen LogP contribution in [0.4, 0.5) is 0 Å². The molecule has 0 aliphatic carbocycles. The summed E-state index contributed by atoms with van der Waals surface area (Å²) in [7, 11) is 0. The summed E-state index contributed by atoms with van der Waals surface area (Å²) in [6.07, 6.45) is 0.668. The zero-order valence-electron chi connectivity index (χ0n) is 11.5. The van der Waals surface area contributed by atoms with E-state index in [1.165, 1.54) is 0 Å². The minimum absolute atomic E-state index is 0.0172. The van der Waals surface area contributed by atoms with Gasteiger partial charge in [-0.3, -0.25) is 0 Å². The highest BCUT2D eigenvalue weighted by Crippen LogP contribution is 2.33. The van der Waals surface area contributed by atoms with Crippen molar-refractivity contribution in [1.29, 1.82) is 0 Å². The van der Waals surface area contributed by atoms with Crippen molar-refractivity contribution in [2.45, 2.75) is 26.3 Å². The van der Waals surface area contributed by atoms with Crippen LogP contribution in [0.5, 0.6) is 11.5 Å². The average molecular weight is 310 g/mol. The molecule has 0 bridgehead atoms. The maximum absolute atomic E-state index is 6.25. The van der Waals surface area contributed by atoms with Crippen LogP contribution in [0.3, 0.4) is 0 Å². The minimum Gasteiger partial charge on any atom is -0.457 e. The monoisotopic (exact) mass is 309 g/mol. The van der Waals surface area contributed by atoms with Crippen molar-refractivity contribution >= 4 is 23.2 Å². The largest absolute Gasteiger partial charge is 0.457 e. The van der Waals surface area contributed by atoms with Crippen molar-refractivity contribution < 1.29 is 4.74 Å². The molecular weight excluding hydrogens is 293 g/mol. The van der Waals surface area contributed by atoms with Gasteiger partial charge in [-0.2, -0.15) is 0 Å². The summed E-state index contributed by atoms with van der Waals surface area (Å²) in [6.45, 7) is 3.90. The van der Waals surface area contributed by atoms with Gasteiger partial charge in [-0.15, -0.1) is 0 Å². The second-order valence-corrected chi connectivity index (χ2v) is 5.75. The van der Waals surface area contributed by atoms with E-state index < -0.39 is 0 Å². The first-order valence-corrected chi connectivity index (χ1v) is 7.20. The van der Waals surface area contributed by atoms with Crippen molar-refractivity contribution in [1.82, 2.24) is 0 Å². The Morgan fingerprint density at radius 1 is 1.15 bits per heavy atom. The smallest absolute Gasteiger partial charge is 0.132 e. The molecule has 2 N–H and O–H groups in total. The molecule has 2 rings (SSSR count). The SMILES string of the molecule is Cc1cc(Cl)ccc1Oc1cccc(Cl)c1CC(C)N. The van der Waals surface area contributed by atoms with Crippen molar-refractivity contribution in [3.8, 4) is 11.5 Å². The Labute approximate surface area is 129 Å². The van der Waals surface area contributed by atoms with Crippen LogP contribution in [-0.2, 0) is 6.42 Å². The zero-order chi connectivity index (χ0) is 14.7. The second-order valence-electron chi connectivity index (χ2n) is 4.91. The van der Waals surface area contributed by atoms with E-state index in [1.807, 2.05) is 44.2 Å². The van der Waals surface area contributed by atoms with E-state index in [9.17, 15) is 0 Å². The molecule has 0 radical (unpaired) electrons. The third-order valence-corrected chi connectivity index (χ3v) is 3.55. The molecule has 0 heterocycles. The number of hydrogen-bond donors (Lipinski definition) is 1. The molecule has 0 saturated heterocycles. The molecule has 2 nitrogen and oxygen atoms in total. The quantitative estimate of drug-likeness (QED) is 0.864. The van der Waals surface area contributed by atoms with Gasteiger partial charge in [-0.1, -0.05) is 29.3 Å². The number of rotatable bonds is 4. The highest BCUT2D eigenvalue weighted by molar-refractivity contribution is 6.31. The van der Waals surface area contributed by atoms with E-state index in [-0.39, 0.29) is 6.04 Å². The van der Waals surface area contributed by atoms with Crippen molar-refractivity contribution in [3.05, 3.63) is 57.6 Å². The molecule has 0 aliphatic heterocycles. The van der Waals surface area contributed by atoms with E-state index in [4.69, 9.17) is 33.7 Å². The van der Waals surface area contributed by atoms with Gasteiger partial charge in [-0.25, -0.2) is 0 Å². The highest BCUT2D eigenvalue weighted by atomic mass is 35.5. The standard InChI is InChI=1S/C16H17Cl2NO/c1-10-8-12(17)6-7-15(10)20-16-5-3-4-14(18)13(16)9-11(2)19/h3-8,11H,9,19H2,1-2H3. The number of aryl methyl sites for hydroxylation is 1. The van der Waals surface area contributed by atoms with E-state index in [0.29, 0.717) is 16.5 Å². The van der Waals surface area contributed by atoms with Crippen LogP contribution < -0.4 is 10.5 Å². The zero-order valence-corrected chi connectivity index (χ0v) is 13.0. The van der Waals surface area contributed by atoms with E-state index in [0.717, 1.165) is 22.6 Å². The van der Waals surface area contributed by atoms with Crippen LogP contribution >= 0.6 is 23.2 Å². The summed E-state index contributed by atoms with van der Waals surface area (Å²) < 4.78 is 5.98. The van der Waals surface area contributed by atoms with Gasteiger partial charge in [-0.05, 0) is 56.2 Å². The molecule has 0 aliphatic rings. The highest BCUT2D eigenvalue weighted by Gasteiger charge is 2.12. The number of halogens is 2. The Balaban J connectivity index is 2.35. The average Bonchev–Trinajstić information content (AvgIpc) is 2.36. The summed E-state index contributed by atoms with van der Waals surface area (Å²) in [5, 5.41) is 1.36. The Morgan fingerprint density at radius 2 is 1.90 bits per heavy atom. The van der Waals surface area contributed by atoms with Gasteiger partial charge < -0.3 is 10.5 Å². The maximum Gasteiger partial charge on any atom is 0.132 e. The second kappa shape index (κ2) is 6.49. The van der Waals surface area contributed by atoms with E-state index >= 15 is 0 Å². The van der Waals surface area contributed by atoms with Gasteiger partial charge >= 0.3 is 0 Å². The van der Waals surface area contributed by atoms with Crippen molar-refractivity contribution in [2.75, 3.05) is 0 Å². The fraction of sp³-hybridized carbons (Fsp3) is 0.250. The molecule has 0 spiro atoms.